The largest absolute Gasteiger partial charge is 0.325 e. The van der Waals surface area contributed by atoms with Crippen LogP contribution in [0.25, 0.3) is 11.3 Å². The molecule has 6 nitrogen and oxygen atoms in total. The molecule has 0 fully saturated rings. The summed E-state index contributed by atoms with van der Waals surface area (Å²) in [6.45, 7) is 7.60. The number of amides is 1. The molecule has 1 amide bonds. The minimum Gasteiger partial charge on any atom is -0.291 e. The summed E-state index contributed by atoms with van der Waals surface area (Å²) in [6, 6.07) is 11.5. The number of para-hydroxylation sites is 1. The normalized spacial score (nSPS) is 15.0. The van der Waals surface area contributed by atoms with Crippen molar-refractivity contribution >= 4 is 34.7 Å². The van der Waals surface area contributed by atoms with Crippen LogP contribution in [-0.4, -0.2) is 21.7 Å². The van der Waals surface area contributed by atoms with Gasteiger partial charge in [0.1, 0.15) is 0 Å². The Morgan fingerprint density at radius 1 is 1.38 bits per heavy atom. The monoisotopic (exact) mass is 425 g/mol. The van der Waals surface area contributed by atoms with Crippen LogP contribution < -0.4 is 15.1 Å². The average molecular weight is 426 g/mol. The highest BCUT2D eigenvalue weighted by molar-refractivity contribution is 7.99. The molecular weight excluding hydrogens is 404 g/mol. The summed E-state index contributed by atoms with van der Waals surface area (Å²) < 4.78 is 1.70. The van der Waals surface area contributed by atoms with Crippen LogP contribution in [0.15, 0.2) is 59.0 Å². The van der Waals surface area contributed by atoms with Crippen LogP contribution in [0.1, 0.15) is 29.3 Å². The minimum atomic E-state index is -0.503. The number of carbonyl (C=O) groups excluding carboxylic acids is 1. The number of nitrogens with zero attached hydrogens (tertiary/aromatic N) is 3. The Hall–Kier alpha value is -2.71. The molecule has 0 unspecified atom stereocenters. The third kappa shape index (κ3) is 3.42. The van der Waals surface area contributed by atoms with E-state index in [1.54, 1.807) is 27.0 Å². The molecule has 0 saturated carbocycles. The highest BCUT2D eigenvalue weighted by atomic mass is 32.2. The highest BCUT2D eigenvalue weighted by Crippen LogP contribution is 2.39. The number of carbonyl (C=O) groups is 1. The molecule has 0 bridgehead atoms. The lowest BCUT2D eigenvalue weighted by Gasteiger charge is -2.31. The first-order valence-corrected chi connectivity index (χ1v) is 11.1. The molecular formula is C21H21N4O2S2+. The van der Waals surface area contributed by atoms with Crippen LogP contribution in [0.5, 0.6) is 0 Å². The standard InChI is InChI=1S/C21H20N4O2S2/c1-4-12-28-21-22-19(27)18-14-8-6-7-9-15(14)24(17(26)5-2)20(25(18)23-21)16-11-10-13(3)29-16/h4,6-11,20H,1,5,12H2,2-3H3/p+1/t20-/m1/s1. The number of thioether (sulfide) groups is 1. The van der Waals surface area contributed by atoms with Gasteiger partial charge in [-0.15, -0.1) is 17.9 Å². The molecule has 3 aromatic rings. The Bertz CT molecular complexity index is 1150. The first kappa shape index (κ1) is 19.6. The van der Waals surface area contributed by atoms with Gasteiger partial charge in [0.15, 0.2) is 0 Å². The van der Waals surface area contributed by atoms with Gasteiger partial charge < -0.3 is 0 Å². The number of anilines is 1. The smallest absolute Gasteiger partial charge is 0.291 e. The molecule has 0 saturated heterocycles. The summed E-state index contributed by atoms with van der Waals surface area (Å²) in [5.41, 5.74) is 1.67. The molecule has 148 valence electrons. The van der Waals surface area contributed by atoms with E-state index in [1.807, 2.05) is 50.2 Å². The zero-order valence-electron chi connectivity index (χ0n) is 16.2. The third-order valence-corrected chi connectivity index (χ3v) is 6.58. The number of hydrogen-bond acceptors (Lipinski definition) is 5. The maximum Gasteiger partial charge on any atom is 0.325 e. The minimum absolute atomic E-state index is 0.0194. The molecule has 0 radical (unpaired) electrons. The number of fused-ring (bicyclic) bond motifs is 3. The molecule has 1 N–H and O–H groups in total. The highest BCUT2D eigenvalue weighted by Gasteiger charge is 2.45. The number of thiophene rings is 1. The van der Waals surface area contributed by atoms with E-state index in [9.17, 15) is 9.59 Å². The van der Waals surface area contributed by atoms with Crippen molar-refractivity contribution in [1.29, 1.82) is 0 Å². The van der Waals surface area contributed by atoms with Gasteiger partial charge in [0.05, 0.1) is 16.1 Å². The summed E-state index contributed by atoms with van der Waals surface area (Å²) in [5, 5.41) is 5.23. The van der Waals surface area contributed by atoms with Crippen molar-refractivity contribution in [3.05, 3.63) is 69.2 Å². The number of hydrogen-bond donors (Lipinski definition) is 1. The fourth-order valence-corrected chi connectivity index (χ4v) is 5.01. The quantitative estimate of drug-likeness (QED) is 0.385. The van der Waals surface area contributed by atoms with Crippen LogP contribution in [0.2, 0.25) is 0 Å². The maximum absolute atomic E-state index is 13.1. The molecule has 29 heavy (non-hydrogen) atoms. The Kier molecular flexibility index (Phi) is 5.38. The number of benzene rings is 1. The van der Waals surface area contributed by atoms with Gasteiger partial charge in [0.2, 0.25) is 11.1 Å². The number of nitrogens with one attached hydrogen (secondary N) is 1. The Morgan fingerprint density at radius 3 is 2.86 bits per heavy atom. The van der Waals surface area contributed by atoms with Crippen LogP contribution in [0.3, 0.4) is 0 Å². The zero-order valence-corrected chi connectivity index (χ0v) is 17.8. The van der Waals surface area contributed by atoms with Gasteiger partial charge in [-0.2, -0.15) is 0 Å². The molecule has 8 heteroatoms. The van der Waals surface area contributed by atoms with E-state index in [4.69, 9.17) is 5.10 Å². The van der Waals surface area contributed by atoms with Gasteiger partial charge in [-0.05, 0) is 35.9 Å². The van der Waals surface area contributed by atoms with Crippen molar-refractivity contribution in [1.82, 2.24) is 10.1 Å². The van der Waals surface area contributed by atoms with E-state index in [0.717, 1.165) is 15.4 Å². The van der Waals surface area contributed by atoms with Crippen molar-refractivity contribution in [3.63, 3.8) is 0 Å². The lowest BCUT2D eigenvalue weighted by Crippen LogP contribution is -2.60. The summed E-state index contributed by atoms with van der Waals surface area (Å²) in [5.74, 6) is 0.605. The number of aryl methyl sites for hydroxylation is 1. The summed E-state index contributed by atoms with van der Waals surface area (Å²) in [6.07, 6.45) is 1.61. The van der Waals surface area contributed by atoms with E-state index >= 15 is 0 Å². The van der Waals surface area contributed by atoms with Gasteiger partial charge in [-0.1, -0.05) is 36.9 Å². The lowest BCUT2D eigenvalue weighted by molar-refractivity contribution is -0.762. The fourth-order valence-electron chi connectivity index (χ4n) is 3.46. The second-order valence-corrected chi connectivity index (χ2v) is 8.94. The fraction of sp³-hybridized carbons (Fsp3) is 0.238. The molecule has 1 aliphatic heterocycles. The molecule has 1 atom stereocenters. The predicted molar refractivity (Wildman–Crippen MR) is 116 cm³/mol. The van der Waals surface area contributed by atoms with E-state index < -0.39 is 6.17 Å². The molecule has 1 aromatic carbocycles. The van der Waals surface area contributed by atoms with Gasteiger partial charge in [-0.25, -0.2) is 4.90 Å². The molecule has 0 aliphatic carbocycles. The molecule has 2 aromatic heterocycles. The average Bonchev–Trinajstić information content (AvgIpc) is 3.16. The summed E-state index contributed by atoms with van der Waals surface area (Å²) in [7, 11) is 0. The number of aromatic nitrogens is 3. The SMILES string of the molecule is C=CCSc1n[n+]2c(c(=O)[nH]1)-c1ccccc1N(C(=O)CC)[C@H]2c1ccc(C)s1. The van der Waals surface area contributed by atoms with E-state index in [2.05, 4.69) is 11.6 Å². The topological polar surface area (TPSA) is 69.9 Å². The van der Waals surface area contributed by atoms with Crippen LogP contribution in [0, 0.1) is 6.92 Å². The van der Waals surface area contributed by atoms with Crippen molar-refractivity contribution in [2.75, 3.05) is 10.7 Å². The van der Waals surface area contributed by atoms with Crippen molar-refractivity contribution in [2.45, 2.75) is 31.6 Å². The second-order valence-electron chi connectivity index (χ2n) is 6.61. The lowest BCUT2D eigenvalue weighted by atomic mass is 10.0. The van der Waals surface area contributed by atoms with E-state index in [0.29, 0.717) is 28.6 Å². The van der Waals surface area contributed by atoms with Crippen molar-refractivity contribution in [2.24, 2.45) is 0 Å². The van der Waals surface area contributed by atoms with Gasteiger partial charge in [-0.3, -0.25) is 14.6 Å². The summed E-state index contributed by atoms with van der Waals surface area (Å²) >= 11 is 3.00. The van der Waals surface area contributed by atoms with Crippen LogP contribution in [0.4, 0.5) is 5.69 Å². The van der Waals surface area contributed by atoms with Gasteiger partial charge >= 0.3 is 17.4 Å². The van der Waals surface area contributed by atoms with Crippen LogP contribution >= 0.6 is 23.1 Å². The number of H-pyrrole nitrogens is 1. The zero-order chi connectivity index (χ0) is 20.5. The first-order valence-electron chi connectivity index (χ1n) is 9.32. The third-order valence-electron chi connectivity index (χ3n) is 4.68. The van der Waals surface area contributed by atoms with Gasteiger partial charge in [0.25, 0.3) is 0 Å². The molecule has 0 spiro atoms. The summed E-state index contributed by atoms with van der Waals surface area (Å²) in [4.78, 5) is 32.9. The van der Waals surface area contributed by atoms with Crippen LogP contribution in [-0.2, 0) is 4.79 Å². The second kappa shape index (κ2) is 7.96. The predicted octanol–water partition coefficient (Wildman–Crippen LogP) is 3.68. The number of aromatic amines is 1. The van der Waals surface area contributed by atoms with E-state index in [-0.39, 0.29) is 11.5 Å². The molecule has 1 aliphatic rings. The van der Waals surface area contributed by atoms with E-state index in [1.165, 1.54) is 11.8 Å². The Labute approximate surface area is 176 Å². The molecule has 4 rings (SSSR count). The number of rotatable bonds is 5. The first-order chi connectivity index (χ1) is 14.0. The Balaban J connectivity index is 2.03. The van der Waals surface area contributed by atoms with Gasteiger partial charge in [0, 0.05) is 22.1 Å². The maximum atomic E-state index is 13.1. The van der Waals surface area contributed by atoms with Crippen molar-refractivity contribution < 1.29 is 9.48 Å². The van der Waals surface area contributed by atoms with Crippen molar-refractivity contribution in [3.8, 4) is 11.3 Å². The Morgan fingerprint density at radius 2 is 2.17 bits per heavy atom. The molecule has 3 heterocycles.